The van der Waals surface area contributed by atoms with Crippen LogP contribution in [0.4, 0.5) is 0 Å². The first-order valence-electron chi connectivity index (χ1n) is 10.4. The summed E-state index contributed by atoms with van der Waals surface area (Å²) in [6.45, 7) is 8.07. The Morgan fingerprint density at radius 1 is 0.821 bits per heavy atom. The van der Waals surface area contributed by atoms with Crippen LogP contribution in [0.1, 0.15) is 79.1 Å². The number of unbranched alkanes of at least 4 members (excludes halogenated alkanes) is 6. The quantitative estimate of drug-likeness (QED) is 0.246. The first kappa shape index (κ1) is 27.8. The number of carbonyl (C=O) groups excluding carboxylic acids is 1. The molecule has 0 saturated carbocycles. The van der Waals surface area contributed by atoms with Gasteiger partial charge < -0.3 is 23.7 Å². The highest BCUT2D eigenvalue weighted by atomic mass is 31.2. The lowest BCUT2D eigenvalue weighted by molar-refractivity contribution is -0.129. The molecule has 0 bridgehead atoms. The molecule has 1 atom stereocenters. The normalized spacial score (nSPS) is 13.5. The second-order valence-corrected chi connectivity index (χ2v) is 11.0. The maximum Gasteiger partial charge on any atom is 0.355 e. The first-order chi connectivity index (χ1) is 13.2. The van der Waals surface area contributed by atoms with Crippen LogP contribution in [0.25, 0.3) is 0 Å². The average molecular weight is 443 g/mol. The van der Waals surface area contributed by atoms with Gasteiger partial charge in [-0.3, -0.25) is 13.9 Å². The molecule has 0 saturated heterocycles. The lowest BCUT2D eigenvalue weighted by atomic mass is 10.2. The van der Waals surface area contributed by atoms with E-state index in [0.717, 1.165) is 38.5 Å². The maximum absolute atomic E-state index is 13.4. The summed E-state index contributed by atoms with van der Waals surface area (Å²) >= 11 is 0. The SMILES string of the molecule is CCCCCCOP(=O)(OCCCCCC)C(C(=O)N(CC)CC)P(=O)(O)O. The first-order valence-corrected chi connectivity index (χ1v) is 13.7. The third-order valence-corrected chi connectivity index (χ3v) is 8.97. The number of hydrogen-bond donors (Lipinski definition) is 2. The van der Waals surface area contributed by atoms with Crippen molar-refractivity contribution in [3.05, 3.63) is 0 Å². The summed E-state index contributed by atoms with van der Waals surface area (Å²) in [6.07, 6.45) is 6.84. The van der Waals surface area contributed by atoms with E-state index in [9.17, 15) is 23.7 Å². The Morgan fingerprint density at radius 2 is 1.25 bits per heavy atom. The highest BCUT2D eigenvalue weighted by Crippen LogP contribution is 2.66. The van der Waals surface area contributed by atoms with Gasteiger partial charge in [0.15, 0.2) is 0 Å². The molecule has 0 rings (SSSR count). The zero-order valence-corrected chi connectivity index (χ0v) is 19.6. The summed E-state index contributed by atoms with van der Waals surface area (Å²) in [4.78, 5) is 33.7. The number of rotatable bonds is 17. The van der Waals surface area contributed by atoms with Gasteiger partial charge in [0.1, 0.15) is 0 Å². The maximum atomic E-state index is 13.4. The molecule has 10 heteroatoms. The van der Waals surface area contributed by atoms with E-state index >= 15 is 0 Å². The molecule has 168 valence electrons. The minimum atomic E-state index is -5.06. The van der Waals surface area contributed by atoms with Crippen molar-refractivity contribution in [2.75, 3.05) is 26.3 Å². The Morgan fingerprint density at radius 3 is 1.57 bits per heavy atom. The van der Waals surface area contributed by atoms with Crippen LogP contribution in [0.2, 0.25) is 0 Å². The van der Waals surface area contributed by atoms with Crippen LogP contribution >= 0.6 is 15.2 Å². The van der Waals surface area contributed by atoms with Crippen LogP contribution < -0.4 is 0 Å². The van der Waals surface area contributed by atoms with E-state index in [2.05, 4.69) is 13.8 Å². The number of amides is 1. The molecule has 0 aliphatic rings. The number of nitrogens with zero attached hydrogens (tertiary/aromatic N) is 1. The van der Waals surface area contributed by atoms with Crippen molar-refractivity contribution in [3.63, 3.8) is 0 Å². The van der Waals surface area contributed by atoms with Crippen molar-refractivity contribution in [1.82, 2.24) is 4.90 Å². The van der Waals surface area contributed by atoms with Crippen LogP contribution in [-0.2, 0) is 23.0 Å². The van der Waals surface area contributed by atoms with E-state index in [1.807, 2.05) is 0 Å². The van der Waals surface area contributed by atoms with Crippen LogP contribution in [0.5, 0.6) is 0 Å². The highest BCUT2D eigenvalue weighted by Gasteiger charge is 2.54. The Labute approximate surface area is 170 Å². The Kier molecular flexibility index (Phi) is 14.6. The van der Waals surface area contributed by atoms with Crippen LogP contribution in [0.15, 0.2) is 0 Å². The largest absolute Gasteiger partial charge is 0.355 e. The third kappa shape index (κ3) is 10.00. The molecule has 8 nitrogen and oxygen atoms in total. The summed E-state index contributed by atoms with van der Waals surface area (Å²) in [6, 6.07) is 0. The summed E-state index contributed by atoms with van der Waals surface area (Å²) in [7, 11) is -9.40. The molecule has 0 aliphatic carbocycles. The highest BCUT2D eigenvalue weighted by molar-refractivity contribution is 7.73. The molecule has 1 unspecified atom stereocenters. The van der Waals surface area contributed by atoms with E-state index in [0.29, 0.717) is 12.8 Å². The van der Waals surface area contributed by atoms with E-state index in [1.165, 1.54) is 4.90 Å². The molecule has 28 heavy (non-hydrogen) atoms. The lowest BCUT2D eigenvalue weighted by Crippen LogP contribution is -2.39. The van der Waals surface area contributed by atoms with Crippen LogP contribution in [-0.4, -0.2) is 52.3 Å². The van der Waals surface area contributed by atoms with Crippen molar-refractivity contribution in [2.45, 2.75) is 84.5 Å². The minimum Gasteiger partial charge on any atom is -0.342 e. The van der Waals surface area contributed by atoms with Crippen molar-refractivity contribution in [3.8, 4) is 0 Å². The molecule has 2 N–H and O–H groups in total. The van der Waals surface area contributed by atoms with Gasteiger partial charge in [-0.05, 0) is 26.7 Å². The monoisotopic (exact) mass is 443 g/mol. The summed E-state index contributed by atoms with van der Waals surface area (Å²) < 4.78 is 36.4. The van der Waals surface area contributed by atoms with Gasteiger partial charge in [-0.15, -0.1) is 0 Å². The zero-order chi connectivity index (χ0) is 21.6. The predicted octanol–water partition coefficient (Wildman–Crippen LogP) is 4.75. The van der Waals surface area contributed by atoms with E-state index < -0.39 is 26.5 Å². The molecule has 0 fully saturated rings. The molecule has 0 aromatic rings. The van der Waals surface area contributed by atoms with Crippen LogP contribution in [0, 0.1) is 0 Å². The molecule has 0 aliphatic heterocycles. The third-order valence-electron chi connectivity index (χ3n) is 4.45. The van der Waals surface area contributed by atoms with Gasteiger partial charge in [-0.2, -0.15) is 0 Å². The smallest absolute Gasteiger partial charge is 0.342 e. The van der Waals surface area contributed by atoms with Crippen molar-refractivity contribution < 1.29 is 32.8 Å². The predicted molar refractivity (Wildman–Crippen MR) is 112 cm³/mol. The average Bonchev–Trinajstić information content (AvgIpc) is 2.61. The fourth-order valence-corrected chi connectivity index (χ4v) is 6.66. The van der Waals surface area contributed by atoms with E-state index in [4.69, 9.17) is 9.05 Å². The lowest BCUT2D eigenvalue weighted by Gasteiger charge is -2.30. The molecule has 0 aromatic carbocycles. The van der Waals surface area contributed by atoms with Gasteiger partial charge >= 0.3 is 15.2 Å². The van der Waals surface area contributed by atoms with Crippen molar-refractivity contribution in [2.24, 2.45) is 0 Å². The molecule has 1 amide bonds. The number of carbonyl (C=O) groups is 1. The van der Waals surface area contributed by atoms with Gasteiger partial charge in [0, 0.05) is 13.1 Å². The summed E-state index contributed by atoms with van der Waals surface area (Å²) in [5.74, 6) is -0.885. The Bertz CT molecular complexity index is 502. The zero-order valence-electron chi connectivity index (χ0n) is 17.8. The molecule has 0 radical (unpaired) electrons. The second-order valence-electron chi connectivity index (χ2n) is 6.80. The number of hydrogen-bond acceptors (Lipinski definition) is 5. The van der Waals surface area contributed by atoms with Gasteiger partial charge in [-0.1, -0.05) is 52.4 Å². The van der Waals surface area contributed by atoms with Crippen molar-refractivity contribution in [1.29, 1.82) is 0 Å². The van der Waals surface area contributed by atoms with Gasteiger partial charge in [0.05, 0.1) is 13.2 Å². The standard InChI is InChI=1S/C18H39NO7P2/c1-5-9-11-13-15-25-28(24,26-16-14-12-10-6-2)18(27(21,22)23)17(20)19(7-3)8-4/h18H,5-16H2,1-4H3,(H2,21,22,23). The van der Waals surface area contributed by atoms with Gasteiger partial charge in [0.2, 0.25) is 11.3 Å². The van der Waals surface area contributed by atoms with Gasteiger partial charge in [0.25, 0.3) is 0 Å². The fraction of sp³-hybridized carbons (Fsp3) is 0.944. The molecular formula is C18H39NO7P2. The van der Waals surface area contributed by atoms with E-state index in [1.54, 1.807) is 13.8 Å². The van der Waals surface area contributed by atoms with E-state index in [-0.39, 0.29) is 26.3 Å². The molecular weight excluding hydrogens is 404 g/mol. The molecule has 0 aromatic heterocycles. The van der Waals surface area contributed by atoms with Gasteiger partial charge in [-0.25, -0.2) is 0 Å². The Hall–Kier alpha value is -0.230. The molecule has 0 spiro atoms. The molecule has 0 heterocycles. The minimum absolute atomic E-state index is 0.0360. The second kappa shape index (κ2) is 14.7. The summed E-state index contributed by atoms with van der Waals surface area (Å²) in [5.41, 5.74) is 0. The Balaban J connectivity index is 5.47. The van der Waals surface area contributed by atoms with Crippen LogP contribution in [0.3, 0.4) is 0 Å². The topological polar surface area (TPSA) is 113 Å². The summed E-state index contributed by atoms with van der Waals surface area (Å²) in [5, 5.41) is -2.11. The fourth-order valence-electron chi connectivity index (χ4n) is 2.78. The van der Waals surface area contributed by atoms with Crippen molar-refractivity contribution >= 4 is 21.1 Å².